The Balaban J connectivity index is 0.000000609. The highest BCUT2D eigenvalue weighted by Crippen LogP contribution is 2.14. The predicted molar refractivity (Wildman–Crippen MR) is 171 cm³/mol. The first-order valence-electron chi connectivity index (χ1n) is 10.8. The molecule has 1 atom stereocenters. The first-order valence-corrected chi connectivity index (χ1v) is 12.9. The average molecular weight is 708 g/mol. The monoisotopic (exact) mass is 708 g/mol. The fourth-order valence-electron chi connectivity index (χ4n) is 2.80. The summed E-state index contributed by atoms with van der Waals surface area (Å²) in [5.41, 5.74) is 4.65. The second-order valence-corrected chi connectivity index (χ2v) is 6.91. The molecule has 0 radical (unpaired) electrons. The van der Waals surface area contributed by atoms with Crippen LogP contribution in [0.4, 0.5) is 0 Å². The van der Waals surface area contributed by atoms with Crippen LogP contribution in [-0.4, -0.2) is 36.8 Å². The van der Waals surface area contributed by atoms with Crippen LogP contribution in [0.1, 0.15) is 50.1 Å². The van der Waals surface area contributed by atoms with Crippen molar-refractivity contribution in [1.82, 2.24) is 19.9 Å². The van der Waals surface area contributed by atoms with Crippen molar-refractivity contribution in [2.45, 2.75) is 33.9 Å². The van der Waals surface area contributed by atoms with Gasteiger partial charge in [-0.2, -0.15) is 0 Å². The summed E-state index contributed by atoms with van der Waals surface area (Å²) in [4.78, 5) is 27.7. The molecule has 8 heteroatoms. The summed E-state index contributed by atoms with van der Waals surface area (Å²) in [7, 11) is 0. The standard InChI is InChI=1S/C14H15N3.C12H11N3.CH3I.CH4.HI/c1-11(13-7-3-5-9-15-13)17-12(2)14-8-4-6-10-16-14;1-3-7-14-11(5-1)9-13-10-12-6-2-4-8-15-12;1-2;;/h3-11H,1-2H3;1-9H,10H2;1H3;1H4;1H/t11-;;;;/m0..../s1. The number of halogens is 2. The van der Waals surface area contributed by atoms with Gasteiger partial charge in [0.2, 0.25) is 0 Å². The molecule has 6 nitrogen and oxygen atoms in total. The van der Waals surface area contributed by atoms with Gasteiger partial charge in [0.05, 0.1) is 41.1 Å². The van der Waals surface area contributed by atoms with Crippen molar-refractivity contribution in [3.8, 4) is 0 Å². The highest BCUT2D eigenvalue weighted by molar-refractivity contribution is 14.1. The van der Waals surface area contributed by atoms with Gasteiger partial charge in [0.15, 0.2) is 0 Å². The number of hydrogen-bond acceptors (Lipinski definition) is 6. The molecule has 0 fully saturated rings. The summed E-state index contributed by atoms with van der Waals surface area (Å²) < 4.78 is 0. The predicted octanol–water partition coefficient (Wildman–Crippen LogP) is 7.45. The van der Waals surface area contributed by atoms with Crippen molar-refractivity contribution >= 4 is 58.5 Å². The van der Waals surface area contributed by atoms with Crippen LogP contribution in [0.25, 0.3) is 0 Å². The van der Waals surface area contributed by atoms with Gasteiger partial charge in [0.1, 0.15) is 0 Å². The molecule has 190 valence electrons. The summed E-state index contributed by atoms with van der Waals surface area (Å²) in [6.45, 7) is 4.61. The average Bonchev–Trinajstić information content (AvgIpc) is 2.92. The van der Waals surface area contributed by atoms with E-state index in [0.717, 1.165) is 28.5 Å². The second-order valence-electron chi connectivity index (χ2n) is 6.91. The Hall–Kier alpha value is -2.60. The number of alkyl halides is 1. The zero-order valence-corrected chi connectivity index (χ0v) is 24.6. The SMILES string of the molecule is C.C(=NCc1ccccn1)c1ccccn1.CC(=N[C@@H](C)c1ccccn1)c1ccccn1.CI.I. The van der Waals surface area contributed by atoms with Crippen molar-refractivity contribution < 1.29 is 0 Å². The summed E-state index contributed by atoms with van der Waals surface area (Å²) in [5, 5.41) is 0. The van der Waals surface area contributed by atoms with E-state index in [-0.39, 0.29) is 37.4 Å². The highest BCUT2D eigenvalue weighted by Gasteiger charge is 2.05. The lowest BCUT2D eigenvalue weighted by molar-refractivity contribution is 0.782. The van der Waals surface area contributed by atoms with Crippen molar-refractivity contribution in [1.29, 1.82) is 0 Å². The molecule has 4 aromatic rings. The van der Waals surface area contributed by atoms with Gasteiger partial charge >= 0.3 is 0 Å². The molecule has 4 rings (SSSR count). The van der Waals surface area contributed by atoms with E-state index in [1.807, 2.05) is 91.6 Å². The van der Waals surface area contributed by atoms with Crippen LogP contribution < -0.4 is 0 Å². The van der Waals surface area contributed by atoms with Gasteiger partial charge in [-0.3, -0.25) is 29.9 Å². The van der Waals surface area contributed by atoms with Crippen LogP contribution in [0.5, 0.6) is 0 Å². The molecular weight excluding hydrogens is 674 g/mol. The Morgan fingerprint density at radius 2 is 1.39 bits per heavy atom. The molecule has 36 heavy (non-hydrogen) atoms. The Bertz CT molecular complexity index is 1110. The number of hydrogen-bond donors (Lipinski definition) is 0. The molecule has 4 heterocycles. The molecule has 0 saturated heterocycles. The van der Waals surface area contributed by atoms with Gasteiger partial charge in [-0.1, -0.05) is 54.3 Å². The Morgan fingerprint density at radius 3 is 1.92 bits per heavy atom. The van der Waals surface area contributed by atoms with E-state index in [0.29, 0.717) is 6.54 Å². The van der Waals surface area contributed by atoms with Gasteiger partial charge in [-0.15, -0.1) is 24.0 Å². The van der Waals surface area contributed by atoms with Crippen LogP contribution >= 0.6 is 46.6 Å². The summed E-state index contributed by atoms with van der Waals surface area (Å²) in [6.07, 6.45) is 8.85. The molecule has 0 aliphatic rings. The van der Waals surface area contributed by atoms with Crippen molar-refractivity contribution in [3.05, 3.63) is 120 Å². The van der Waals surface area contributed by atoms with Gasteiger partial charge in [-0.25, -0.2) is 0 Å². The third-order valence-electron chi connectivity index (χ3n) is 4.43. The third kappa shape index (κ3) is 12.9. The van der Waals surface area contributed by atoms with Gasteiger partial charge < -0.3 is 0 Å². The molecule has 0 unspecified atom stereocenters. The van der Waals surface area contributed by atoms with E-state index in [1.54, 1.807) is 31.0 Å². The summed E-state index contributed by atoms with van der Waals surface area (Å²) in [5.74, 6) is 0. The maximum Gasteiger partial charge on any atom is 0.0895 e. The van der Waals surface area contributed by atoms with Gasteiger partial charge in [-0.05, 0) is 67.3 Å². The van der Waals surface area contributed by atoms with Crippen LogP contribution in [0, 0.1) is 0 Å². The zero-order valence-electron chi connectivity index (χ0n) is 20.1. The smallest absolute Gasteiger partial charge is 0.0895 e. The maximum absolute atomic E-state index is 4.61. The third-order valence-corrected chi connectivity index (χ3v) is 4.43. The molecule has 0 saturated carbocycles. The van der Waals surface area contributed by atoms with E-state index in [1.165, 1.54) is 0 Å². The van der Waals surface area contributed by atoms with Crippen LogP contribution in [0.2, 0.25) is 0 Å². The molecule has 0 aliphatic heterocycles. The minimum absolute atomic E-state index is 0. The van der Waals surface area contributed by atoms with E-state index < -0.39 is 0 Å². The summed E-state index contributed by atoms with van der Waals surface area (Å²) >= 11 is 2.15. The lowest BCUT2D eigenvalue weighted by Crippen LogP contribution is -2.02. The van der Waals surface area contributed by atoms with E-state index in [9.17, 15) is 0 Å². The number of aromatic nitrogens is 4. The first kappa shape index (κ1) is 33.4. The number of nitrogens with zero attached hydrogens (tertiary/aromatic N) is 6. The first-order chi connectivity index (χ1) is 16.7. The molecule has 0 aliphatic carbocycles. The number of rotatable bonds is 6. The number of aliphatic imine (C=N–C) groups is 2. The quantitative estimate of drug-likeness (QED) is 0.119. The Labute approximate surface area is 246 Å². The fourth-order valence-corrected chi connectivity index (χ4v) is 2.80. The molecule has 0 amide bonds. The lowest BCUT2D eigenvalue weighted by Gasteiger charge is -2.07. The van der Waals surface area contributed by atoms with Crippen molar-refractivity contribution in [2.75, 3.05) is 4.93 Å². The van der Waals surface area contributed by atoms with E-state index in [2.05, 4.69) is 52.5 Å². The van der Waals surface area contributed by atoms with Crippen molar-refractivity contribution in [2.24, 2.45) is 9.98 Å². The molecule has 0 aromatic carbocycles. The highest BCUT2D eigenvalue weighted by atomic mass is 127. The molecule has 4 aromatic heterocycles. The topological polar surface area (TPSA) is 76.3 Å². The Morgan fingerprint density at radius 1 is 0.806 bits per heavy atom. The van der Waals surface area contributed by atoms with Crippen LogP contribution in [0.3, 0.4) is 0 Å². The molecular formula is C28H34I2N6. The normalized spacial score (nSPS) is 10.9. The fraction of sp³-hybridized carbons (Fsp3) is 0.214. The minimum Gasteiger partial charge on any atom is -0.285 e. The molecule has 0 spiro atoms. The van der Waals surface area contributed by atoms with Gasteiger partial charge in [0.25, 0.3) is 0 Å². The van der Waals surface area contributed by atoms with E-state index in [4.69, 9.17) is 0 Å². The molecule has 0 bridgehead atoms. The van der Waals surface area contributed by atoms with Gasteiger partial charge in [0, 0.05) is 31.0 Å². The largest absolute Gasteiger partial charge is 0.285 e. The lowest BCUT2D eigenvalue weighted by atomic mass is 10.2. The Kier molecular flexibility index (Phi) is 19.1. The number of pyridine rings is 4. The van der Waals surface area contributed by atoms with Crippen molar-refractivity contribution in [3.63, 3.8) is 0 Å². The zero-order chi connectivity index (χ0) is 24.4. The molecule has 0 N–H and O–H groups in total. The van der Waals surface area contributed by atoms with Crippen LogP contribution in [-0.2, 0) is 6.54 Å². The maximum atomic E-state index is 4.61. The van der Waals surface area contributed by atoms with E-state index >= 15 is 0 Å². The minimum atomic E-state index is 0. The summed E-state index contributed by atoms with van der Waals surface area (Å²) in [6, 6.07) is 23.3. The second kappa shape index (κ2) is 20.6. The van der Waals surface area contributed by atoms with Crippen LogP contribution in [0.15, 0.2) is 108 Å².